The van der Waals surface area contributed by atoms with Crippen LogP contribution in [0, 0.1) is 17.1 Å². The number of alkyl halides is 4. The average Bonchev–Trinajstić information content (AvgIpc) is 3.63. The molecular weight excluding hydrogens is 531 g/mol. The molecule has 198 valence electrons. The minimum Gasteiger partial charge on any atom is -0.428 e. The second-order valence-corrected chi connectivity index (χ2v) is 9.28. The number of pyridine rings is 1. The molecule has 1 heterocycles. The zero-order valence-electron chi connectivity index (χ0n) is 19.5. The van der Waals surface area contributed by atoms with Crippen molar-refractivity contribution in [1.82, 2.24) is 15.6 Å². The zero-order valence-corrected chi connectivity index (χ0v) is 20.3. The van der Waals surface area contributed by atoms with E-state index < -0.39 is 41.2 Å². The number of hydrogen-bond acceptors (Lipinski definition) is 4. The highest BCUT2D eigenvalue weighted by atomic mass is 35.5. The number of carbonyl (C=O) groups is 1. The number of hydrogen-bond donors (Lipinski definition) is 2. The van der Waals surface area contributed by atoms with Crippen LogP contribution in [0.1, 0.15) is 29.7 Å². The summed E-state index contributed by atoms with van der Waals surface area (Å²) in [6, 6.07) is 15.1. The maximum Gasteiger partial charge on any atom is 0.461 e. The summed E-state index contributed by atoms with van der Waals surface area (Å²) in [6.07, 6.45) is -7.04. The summed E-state index contributed by atoms with van der Waals surface area (Å²) in [5.41, 5.74) is -2.21. The molecule has 2 aromatic carbocycles. The Bertz CT molecular complexity index is 1350. The third-order valence-electron chi connectivity index (χ3n) is 5.99. The molecule has 1 aromatic heterocycles. The van der Waals surface area contributed by atoms with Crippen LogP contribution in [0.15, 0.2) is 66.9 Å². The van der Waals surface area contributed by atoms with Crippen LogP contribution in [0.25, 0.3) is 0 Å². The van der Waals surface area contributed by atoms with Gasteiger partial charge in [-0.2, -0.15) is 22.8 Å². The van der Waals surface area contributed by atoms with E-state index in [0.29, 0.717) is 24.5 Å². The highest BCUT2D eigenvalue weighted by Gasteiger charge is 2.47. The molecule has 4 rings (SSSR count). The molecule has 1 aliphatic rings. The first-order chi connectivity index (χ1) is 18.0. The Morgan fingerprint density at radius 2 is 1.87 bits per heavy atom. The van der Waals surface area contributed by atoms with Gasteiger partial charge in [-0.1, -0.05) is 41.9 Å². The highest BCUT2D eigenvalue weighted by molar-refractivity contribution is 6.30. The Hall–Kier alpha value is -3.91. The van der Waals surface area contributed by atoms with Gasteiger partial charge in [0.25, 0.3) is 0 Å². The van der Waals surface area contributed by atoms with Gasteiger partial charge >= 0.3 is 18.6 Å². The van der Waals surface area contributed by atoms with Crippen LogP contribution in [0.2, 0.25) is 5.02 Å². The third-order valence-corrected chi connectivity index (χ3v) is 6.22. The number of nitrogens with one attached hydrogen (secondary N) is 2. The SMILES string of the molecule is N#CC1(NC(=O)N[C@@](Cc2ccccc2)(c2cc(F)cc(OC(F)(F)C(F)F)c2)c2ccc(Cl)cn2)CC1. The van der Waals surface area contributed by atoms with Crippen LogP contribution in [-0.2, 0) is 12.0 Å². The van der Waals surface area contributed by atoms with Crippen LogP contribution in [0.3, 0.4) is 0 Å². The molecule has 0 aliphatic heterocycles. The van der Waals surface area contributed by atoms with Crippen molar-refractivity contribution in [3.63, 3.8) is 0 Å². The fourth-order valence-electron chi connectivity index (χ4n) is 3.95. The second kappa shape index (κ2) is 10.5. The van der Waals surface area contributed by atoms with E-state index in [0.717, 1.165) is 12.1 Å². The van der Waals surface area contributed by atoms with Crippen LogP contribution < -0.4 is 15.4 Å². The van der Waals surface area contributed by atoms with Gasteiger partial charge < -0.3 is 15.4 Å². The Morgan fingerprint density at radius 1 is 1.16 bits per heavy atom. The molecule has 2 N–H and O–H groups in total. The van der Waals surface area contributed by atoms with Gasteiger partial charge in [0.15, 0.2) is 0 Å². The molecule has 12 heteroatoms. The largest absolute Gasteiger partial charge is 0.461 e. The maximum absolute atomic E-state index is 14.8. The number of nitriles is 1. The number of benzene rings is 2. The number of amides is 2. The van der Waals surface area contributed by atoms with Crippen molar-refractivity contribution in [2.24, 2.45) is 0 Å². The van der Waals surface area contributed by atoms with Gasteiger partial charge in [-0.25, -0.2) is 9.18 Å². The van der Waals surface area contributed by atoms with E-state index in [9.17, 15) is 32.0 Å². The summed E-state index contributed by atoms with van der Waals surface area (Å²) in [6.45, 7) is 0. The number of ether oxygens (including phenoxy) is 1. The van der Waals surface area contributed by atoms with Crippen molar-refractivity contribution < 1.29 is 31.5 Å². The van der Waals surface area contributed by atoms with Gasteiger partial charge in [-0.15, -0.1) is 0 Å². The summed E-state index contributed by atoms with van der Waals surface area (Å²) in [4.78, 5) is 17.5. The van der Waals surface area contributed by atoms with Gasteiger partial charge in [0.05, 0.1) is 16.8 Å². The molecule has 38 heavy (non-hydrogen) atoms. The van der Waals surface area contributed by atoms with E-state index in [4.69, 9.17) is 11.6 Å². The number of aromatic nitrogens is 1. The molecule has 0 unspecified atom stereocenters. The van der Waals surface area contributed by atoms with Crippen LogP contribution in [0.4, 0.5) is 26.7 Å². The van der Waals surface area contributed by atoms with Crippen molar-refractivity contribution >= 4 is 17.6 Å². The molecule has 2 amide bonds. The lowest BCUT2D eigenvalue weighted by molar-refractivity contribution is -0.253. The molecule has 1 atom stereocenters. The minimum atomic E-state index is -4.90. The molecule has 1 fully saturated rings. The van der Waals surface area contributed by atoms with E-state index in [1.807, 2.05) is 6.07 Å². The summed E-state index contributed by atoms with van der Waals surface area (Å²) >= 11 is 6.01. The lowest BCUT2D eigenvalue weighted by Gasteiger charge is -2.36. The number of rotatable bonds is 9. The van der Waals surface area contributed by atoms with Crippen molar-refractivity contribution in [2.45, 2.75) is 42.9 Å². The fourth-order valence-corrected chi connectivity index (χ4v) is 4.06. The highest BCUT2D eigenvalue weighted by Crippen LogP contribution is 2.38. The Morgan fingerprint density at radius 3 is 2.45 bits per heavy atom. The Kier molecular flexibility index (Phi) is 7.47. The molecule has 0 radical (unpaired) electrons. The summed E-state index contributed by atoms with van der Waals surface area (Å²) < 4.78 is 72.0. The van der Waals surface area contributed by atoms with E-state index in [1.54, 1.807) is 30.3 Å². The number of urea groups is 1. The van der Waals surface area contributed by atoms with Crippen LogP contribution in [-0.4, -0.2) is 29.1 Å². The van der Waals surface area contributed by atoms with Gasteiger partial charge in [0.1, 0.15) is 22.6 Å². The van der Waals surface area contributed by atoms with Crippen molar-refractivity contribution in [1.29, 1.82) is 5.26 Å². The molecule has 0 saturated heterocycles. The van der Waals surface area contributed by atoms with E-state index in [2.05, 4.69) is 20.4 Å². The lowest BCUT2D eigenvalue weighted by Crippen LogP contribution is -2.54. The predicted octanol–water partition coefficient (Wildman–Crippen LogP) is 5.95. The normalized spacial score (nSPS) is 15.7. The topological polar surface area (TPSA) is 87.0 Å². The zero-order chi connectivity index (χ0) is 27.6. The van der Waals surface area contributed by atoms with Gasteiger partial charge in [0.2, 0.25) is 0 Å². The summed E-state index contributed by atoms with van der Waals surface area (Å²) in [5, 5.41) is 15.0. The number of carbonyl (C=O) groups excluding carboxylic acids is 1. The number of halogens is 6. The molecule has 6 nitrogen and oxygen atoms in total. The fraction of sp³-hybridized carbons (Fsp3) is 0.269. The summed E-state index contributed by atoms with van der Waals surface area (Å²) in [5.74, 6) is -1.98. The van der Waals surface area contributed by atoms with Crippen LogP contribution in [0.5, 0.6) is 5.75 Å². The smallest absolute Gasteiger partial charge is 0.428 e. The lowest BCUT2D eigenvalue weighted by atomic mass is 9.80. The predicted molar refractivity (Wildman–Crippen MR) is 127 cm³/mol. The van der Waals surface area contributed by atoms with Gasteiger partial charge in [-0.3, -0.25) is 4.98 Å². The van der Waals surface area contributed by atoms with Crippen LogP contribution >= 0.6 is 11.6 Å². The average molecular weight is 551 g/mol. The molecule has 1 aliphatic carbocycles. The molecule has 0 spiro atoms. The quantitative estimate of drug-likeness (QED) is 0.322. The molecule has 3 aromatic rings. The van der Waals surface area contributed by atoms with E-state index in [-0.39, 0.29) is 22.7 Å². The Balaban J connectivity index is 1.88. The first kappa shape index (κ1) is 27.1. The van der Waals surface area contributed by atoms with E-state index in [1.165, 1.54) is 18.3 Å². The number of nitrogens with zero attached hydrogens (tertiary/aromatic N) is 2. The first-order valence-electron chi connectivity index (χ1n) is 11.3. The van der Waals surface area contributed by atoms with Crippen molar-refractivity contribution in [3.05, 3.63) is 94.5 Å². The maximum atomic E-state index is 14.8. The van der Waals surface area contributed by atoms with Crippen molar-refractivity contribution in [2.75, 3.05) is 0 Å². The third kappa shape index (κ3) is 5.97. The minimum absolute atomic E-state index is 0.0798. The van der Waals surface area contributed by atoms with E-state index >= 15 is 0 Å². The summed E-state index contributed by atoms with van der Waals surface area (Å²) in [7, 11) is 0. The standard InChI is InChI=1S/C26H20ClF5N4O2/c27-18-6-7-21(34-14-18)25(13-16-4-2-1-3-5-16,36-23(37)35-24(15-33)8-9-24)17-10-19(28)12-20(11-17)38-26(31,32)22(29)30/h1-7,10-12,14,22H,8-9,13H2,(H2,35,36,37)/t25-/m0/s1. The first-order valence-corrected chi connectivity index (χ1v) is 11.7. The Labute approximate surface area is 219 Å². The molecular formula is C26H20ClF5N4O2. The molecule has 1 saturated carbocycles. The second-order valence-electron chi connectivity index (χ2n) is 8.84. The van der Waals surface area contributed by atoms with Gasteiger partial charge in [0, 0.05) is 18.7 Å². The van der Waals surface area contributed by atoms with Gasteiger partial charge in [-0.05, 0) is 48.2 Å². The van der Waals surface area contributed by atoms with Crippen molar-refractivity contribution in [3.8, 4) is 11.8 Å². The monoisotopic (exact) mass is 550 g/mol. The molecule has 0 bridgehead atoms.